The third kappa shape index (κ3) is 5.40. The number of nitrogens with one attached hydrogen (secondary N) is 2. The van der Waals surface area contributed by atoms with E-state index in [1.165, 1.54) is 6.26 Å². The number of hydrogen-bond acceptors (Lipinski definition) is 4. The molecule has 0 saturated carbocycles. The zero-order chi connectivity index (χ0) is 12.0. The molecule has 0 atom stereocenters. The van der Waals surface area contributed by atoms with Crippen LogP contribution in [0.25, 0.3) is 0 Å². The van der Waals surface area contributed by atoms with Crippen LogP contribution in [0.4, 0.5) is 4.79 Å². The van der Waals surface area contributed by atoms with Crippen molar-refractivity contribution in [3.05, 3.63) is 24.2 Å². The third-order valence-electron chi connectivity index (χ3n) is 1.76. The van der Waals surface area contributed by atoms with Crippen LogP contribution in [0.15, 0.2) is 22.8 Å². The first kappa shape index (κ1) is 12.6. The first-order valence-electron chi connectivity index (χ1n) is 4.69. The second-order valence-corrected chi connectivity index (χ2v) is 5.58. The molecule has 1 rings (SSSR count). The molecule has 0 aliphatic carbocycles. The maximum atomic E-state index is 11.2. The van der Waals surface area contributed by atoms with Crippen LogP contribution in [0.2, 0.25) is 0 Å². The topological polar surface area (TPSA) is 88.4 Å². The average molecular weight is 246 g/mol. The summed E-state index contributed by atoms with van der Waals surface area (Å²) in [6.07, 6.45) is 2.63. The van der Waals surface area contributed by atoms with Crippen molar-refractivity contribution in [2.24, 2.45) is 0 Å². The summed E-state index contributed by atoms with van der Waals surface area (Å²) in [6, 6.07) is 3.04. The van der Waals surface area contributed by atoms with E-state index in [1.807, 2.05) is 0 Å². The predicted octanol–water partition coefficient (Wildman–Crippen LogP) is 0.123. The largest absolute Gasteiger partial charge is 0.467 e. The van der Waals surface area contributed by atoms with Crippen LogP contribution in [0.3, 0.4) is 0 Å². The average Bonchev–Trinajstić information content (AvgIpc) is 2.65. The molecule has 2 N–H and O–H groups in total. The monoisotopic (exact) mass is 246 g/mol. The second kappa shape index (κ2) is 5.55. The molecule has 0 radical (unpaired) electrons. The Balaban J connectivity index is 2.17. The quantitative estimate of drug-likeness (QED) is 0.772. The third-order valence-corrected chi connectivity index (χ3v) is 2.71. The molecule has 1 aromatic rings. The molecule has 0 bridgehead atoms. The van der Waals surface area contributed by atoms with Gasteiger partial charge < -0.3 is 15.1 Å². The molecule has 0 spiro atoms. The fourth-order valence-corrected chi connectivity index (χ4v) is 1.47. The molecule has 1 heterocycles. The molecule has 0 fully saturated rings. The summed E-state index contributed by atoms with van der Waals surface area (Å²) >= 11 is 0. The van der Waals surface area contributed by atoms with E-state index in [1.54, 1.807) is 12.1 Å². The van der Waals surface area contributed by atoms with E-state index < -0.39 is 15.9 Å². The predicted molar refractivity (Wildman–Crippen MR) is 58.7 cm³/mol. The molecule has 90 valence electrons. The Labute approximate surface area is 93.9 Å². The molecular weight excluding hydrogens is 232 g/mol. The molecule has 6 nitrogen and oxygen atoms in total. The summed E-state index contributed by atoms with van der Waals surface area (Å²) in [5, 5.41) is 4.96. The number of sulfone groups is 1. The first-order valence-corrected chi connectivity index (χ1v) is 6.75. The maximum absolute atomic E-state index is 11.2. The van der Waals surface area contributed by atoms with Gasteiger partial charge in [-0.05, 0) is 12.1 Å². The fraction of sp³-hybridized carbons (Fsp3) is 0.444. The van der Waals surface area contributed by atoms with Crippen molar-refractivity contribution >= 4 is 15.9 Å². The molecule has 0 aromatic carbocycles. The Morgan fingerprint density at radius 1 is 1.44 bits per heavy atom. The Morgan fingerprint density at radius 3 is 2.75 bits per heavy atom. The van der Waals surface area contributed by atoms with Gasteiger partial charge in [-0.3, -0.25) is 0 Å². The van der Waals surface area contributed by atoms with E-state index in [9.17, 15) is 13.2 Å². The normalized spacial score (nSPS) is 11.1. The second-order valence-electron chi connectivity index (χ2n) is 3.32. The highest BCUT2D eigenvalue weighted by atomic mass is 32.2. The van der Waals surface area contributed by atoms with Crippen molar-refractivity contribution in [1.29, 1.82) is 0 Å². The highest BCUT2D eigenvalue weighted by Crippen LogP contribution is 1.97. The Hall–Kier alpha value is -1.50. The molecule has 2 amide bonds. The van der Waals surface area contributed by atoms with Crippen molar-refractivity contribution in [3.8, 4) is 0 Å². The lowest BCUT2D eigenvalue weighted by Crippen LogP contribution is -2.37. The van der Waals surface area contributed by atoms with E-state index in [0.29, 0.717) is 5.76 Å². The van der Waals surface area contributed by atoms with Crippen LogP contribution in [-0.4, -0.2) is 33.0 Å². The highest BCUT2D eigenvalue weighted by Gasteiger charge is 2.04. The smallest absolute Gasteiger partial charge is 0.315 e. The van der Waals surface area contributed by atoms with Crippen LogP contribution >= 0.6 is 0 Å². The van der Waals surface area contributed by atoms with Gasteiger partial charge in [0.15, 0.2) is 0 Å². The molecule has 0 aliphatic rings. The Bertz CT molecular complexity index is 424. The lowest BCUT2D eigenvalue weighted by Gasteiger charge is -2.05. The number of furan rings is 1. The number of hydrogen-bond donors (Lipinski definition) is 2. The van der Waals surface area contributed by atoms with Gasteiger partial charge in [-0.25, -0.2) is 13.2 Å². The van der Waals surface area contributed by atoms with Crippen molar-refractivity contribution in [2.75, 3.05) is 18.6 Å². The zero-order valence-corrected chi connectivity index (χ0v) is 9.71. The van der Waals surface area contributed by atoms with E-state index in [2.05, 4.69) is 10.6 Å². The van der Waals surface area contributed by atoms with Crippen molar-refractivity contribution in [1.82, 2.24) is 10.6 Å². The van der Waals surface area contributed by atoms with Gasteiger partial charge in [-0.15, -0.1) is 0 Å². The van der Waals surface area contributed by atoms with Crippen LogP contribution < -0.4 is 10.6 Å². The molecule has 7 heteroatoms. The maximum Gasteiger partial charge on any atom is 0.315 e. The minimum absolute atomic E-state index is 0.0683. The summed E-state index contributed by atoms with van der Waals surface area (Å²) in [4.78, 5) is 11.2. The zero-order valence-electron chi connectivity index (χ0n) is 8.89. The number of urea groups is 1. The Kier molecular flexibility index (Phi) is 4.36. The summed E-state index contributed by atoms with van der Waals surface area (Å²) in [6.45, 7) is 0.376. The van der Waals surface area contributed by atoms with E-state index in [4.69, 9.17) is 4.42 Å². The summed E-state index contributed by atoms with van der Waals surface area (Å²) in [5.74, 6) is 0.569. The van der Waals surface area contributed by atoms with Gasteiger partial charge in [0.1, 0.15) is 15.6 Å². The number of rotatable bonds is 5. The molecule has 1 aromatic heterocycles. The number of carbonyl (C=O) groups is 1. The lowest BCUT2D eigenvalue weighted by molar-refractivity contribution is 0.240. The SMILES string of the molecule is CS(=O)(=O)CCNC(=O)NCc1ccco1. The molecule has 16 heavy (non-hydrogen) atoms. The lowest BCUT2D eigenvalue weighted by atomic mass is 10.4. The van der Waals surface area contributed by atoms with Crippen LogP contribution in [0, 0.1) is 0 Å². The van der Waals surface area contributed by atoms with Gasteiger partial charge >= 0.3 is 6.03 Å². The molecular formula is C9H14N2O4S. The van der Waals surface area contributed by atoms with Crippen LogP contribution in [-0.2, 0) is 16.4 Å². The van der Waals surface area contributed by atoms with Crippen molar-refractivity contribution < 1.29 is 17.6 Å². The molecule has 0 aliphatic heterocycles. The van der Waals surface area contributed by atoms with Gasteiger partial charge in [-0.2, -0.15) is 0 Å². The van der Waals surface area contributed by atoms with Crippen molar-refractivity contribution in [2.45, 2.75) is 6.54 Å². The highest BCUT2D eigenvalue weighted by molar-refractivity contribution is 7.90. The fourth-order valence-electron chi connectivity index (χ4n) is 0.993. The standard InChI is InChI=1S/C9H14N2O4S/c1-16(13,14)6-4-10-9(12)11-7-8-3-2-5-15-8/h2-3,5H,4,6-7H2,1H3,(H2,10,11,12). The van der Waals surface area contributed by atoms with Crippen molar-refractivity contribution in [3.63, 3.8) is 0 Å². The van der Waals surface area contributed by atoms with Gasteiger partial charge in [0.25, 0.3) is 0 Å². The van der Waals surface area contributed by atoms with Crippen LogP contribution in [0.1, 0.15) is 5.76 Å². The first-order chi connectivity index (χ1) is 7.47. The van der Waals surface area contributed by atoms with Gasteiger partial charge in [-0.1, -0.05) is 0 Å². The number of amides is 2. The summed E-state index contributed by atoms with van der Waals surface area (Å²) < 4.78 is 26.5. The van der Waals surface area contributed by atoms with E-state index in [-0.39, 0.29) is 18.8 Å². The van der Waals surface area contributed by atoms with E-state index >= 15 is 0 Å². The summed E-state index contributed by atoms with van der Waals surface area (Å²) in [5.41, 5.74) is 0. The number of carbonyl (C=O) groups excluding carboxylic acids is 1. The Morgan fingerprint density at radius 2 is 2.19 bits per heavy atom. The van der Waals surface area contributed by atoms with Crippen LogP contribution in [0.5, 0.6) is 0 Å². The summed E-state index contributed by atoms with van der Waals surface area (Å²) in [7, 11) is -3.04. The van der Waals surface area contributed by atoms with Gasteiger partial charge in [0, 0.05) is 12.8 Å². The molecule has 0 saturated heterocycles. The molecule has 0 unspecified atom stereocenters. The van der Waals surface area contributed by atoms with Gasteiger partial charge in [0.05, 0.1) is 18.6 Å². The van der Waals surface area contributed by atoms with Gasteiger partial charge in [0.2, 0.25) is 0 Å². The minimum Gasteiger partial charge on any atom is -0.467 e. The van der Waals surface area contributed by atoms with E-state index in [0.717, 1.165) is 6.26 Å². The minimum atomic E-state index is -3.04.